The van der Waals surface area contributed by atoms with Gasteiger partial charge in [-0.25, -0.2) is 9.59 Å². The topological polar surface area (TPSA) is 99.0 Å². The summed E-state index contributed by atoms with van der Waals surface area (Å²) < 4.78 is 10.4. The lowest BCUT2D eigenvalue weighted by Gasteiger charge is -2.28. The molecule has 0 aliphatic rings. The van der Waals surface area contributed by atoms with E-state index in [9.17, 15) is 19.7 Å². The van der Waals surface area contributed by atoms with Crippen molar-refractivity contribution in [2.24, 2.45) is 0 Å². The van der Waals surface area contributed by atoms with Crippen LogP contribution in [0.3, 0.4) is 0 Å². The third-order valence-electron chi connectivity index (χ3n) is 2.47. The Morgan fingerprint density at radius 1 is 0.958 bits per heavy atom. The molecule has 24 heavy (non-hydrogen) atoms. The Labute approximate surface area is 140 Å². The molecule has 0 heterocycles. The fraction of sp³-hybridized carbons (Fsp3) is 0.500. The van der Waals surface area contributed by atoms with Gasteiger partial charge in [0.05, 0.1) is 4.92 Å². The van der Waals surface area contributed by atoms with Crippen molar-refractivity contribution in [3.8, 4) is 0 Å². The van der Waals surface area contributed by atoms with Crippen LogP contribution in [0.4, 0.5) is 21.0 Å². The van der Waals surface area contributed by atoms with Gasteiger partial charge in [0.2, 0.25) is 0 Å². The van der Waals surface area contributed by atoms with Crippen LogP contribution in [0.25, 0.3) is 0 Å². The Bertz CT molecular complexity index is 615. The zero-order chi connectivity index (χ0) is 18.7. The summed E-state index contributed by atoms with van der Waals surface area (Å²) in [6, 6.07) is 5.39. The Hall–Kier alpha value is -2.64. The summed E-state index contributed by atoms with van der Waals surface area (Å²) in [5.74, 6) is 0. The van der Waals surface area contributed by atoms with Crippen LogP contribution in [-0.4, -0.2) is 28.3 Å². The van der Waals surface area contributed by atoms with E-state index in [0.29, 0.717) is 4.90 Å². The second-order valence-electron chi connectivity index (χ2n) is 7.04. The molecule has 0 atom stereocenters. The Balaban J connectivity index is 3.36. The SMILES string of the molecule is CC(C)(C)OC(=O)N(C(=O)OC(C)(C)C)c1ccccc1[N+](=O)[O-]. The number of benzene rings is 1. The molecule has 0 N–H and O–H groups in total. The molecule has 2 amide bonds. The molecular formula is C16H22N2O6. The molecule has 8 heteroatoms. The largest absolute Gasteiger partial charge is 0.443 e. The van der Waals surface area contributed by atoms with Crippen LogP contribution in [0.5, 0.6) is 0 Å². The molecule has 0 fully saturated rings. The smallest absolute Gasteiger partial charge is 0.424 e. The highest BCUT2D eigenvalue weighted by Crippen LogP contribution is 2.30. The van der Waals surface area contributed by atoms with Gasteiger partial charge in [0.1, 0.15) is 16.9 Å². The number of carbonyl (C=O) groups is 2. The number of imide groups is 1. The van der Waals surface area contributed by atoms with E-state index in [1.165, 1.54) is 24.3 Å². The van der Waals surface area contributed by atoms with Crippen molar-refractivity contribution in [2.75, 3.05) is 4.90 Å². The standard InChI is InChI=1S/C16H22N2O6/c1-15(2,3)23-13(19)17(14(20)24-16(4,5)6)11-9-7-8-10-12(11)18(21)22/h7-10H,1-6H3. The van der Waals surface area contributed by atoms with Crippen LogP contribution < -0.4 is 4.90 Å². The van der Waals surface area contributed by atoms with E-state index in [1.807, 2.05) is 0 Å². The molecule has 0 unspecified atom stereocenters. The lowest BCUT2D eigenvalue weighted by Crippen LogP contribution is -2.44. The number of nitro groups is 1. The predicted molar refractivity (Wildman–Crippen MR) is 88.0 cm³/mol. The van der Waals surface area contributed by atoms with Crippen LogP contribution in [0.1, 0.15) is 41.5 Å². The van der Waals surface area contributed by atoms with Gasteiger partial charge in [-0.15, -0.1) is 0 Å². The number of carbonyl (C=O) groups excluding carboxylic acids is 2. The number of nitrogens with zero attached hydrogens (tertiary/aromatic N) is 2. The summed E-state index contributed by atoms with van der Waals surface area (Å²) in [5.41, 5.74) is -2.40. The van der Waals surface area contributed by atoms with E-state index in [4.69, 9.17) is 9.47 Å². The molecule has 1 rings (SSSR count). The van der Waals surface area contributed by atoms with Gasteiger partial charge in [0, 0.05) is 6.07 Å². The number of nitro benzene ring substituents is 1. The van der Waals surface area contributed by atoms with Gasteiger partial charge in [-0.1, -0.05) is 12.1 Å². The molecule has 0 aliphatic heterocycles. The van der Waals surface area contributed by atoms with Crippen molar-refractivity contribution in [1.29, 1.82) is 0 Å². The summed E-state index contributed by atoms with van der Waals surface area (Å²) >= 11 is 0. The Morgan fingerprint density at radius 2 is 1.38 bits per heavy atom. The van der Waals surface area contributed by atoms with Crippen LogP contribution in [0.2, 0.25) is 0 Å². The fourth-order valence-corrected chi connectivity index (χ4v) is 1.69. The van der Waals surface area contributed by atoms with Crippen molar-refractivity contribution in [1.82, 2.24) is 0 Å². The maximum absolute atomic E-state index is 12.4. The second-order valence-corrected chi connectivity index (χ2v) is 7.04. The summed E-state index contributed by atoms with van der Waals surface area (Å²) in [7, 11) is 0. The third kappa shape index (κ3) is 5.53. The van der Waals surface area contributed by atoms with Gasteiger partial charge >= 0.3 is 12.2 Å². The lowest BCUT2D eigenvalue weighted by atomic mass is 10.2. The first-order chi connectivity index (χ1) is 10.8. The highest BCUT2D eigenvalue weighted by molar-refractivity contribution is 6.11. The number of hydrogen-bond acceptors (Lipinski definition) is 6. The van der Waals surface area contributed by atoms with Crippen LogP contribution in [-0.2, 0) is 9.47 Å². The molecule has 0 saturated heterocycles. The molecule has 132 valence electrons. The second kappa shape index (κ2) is 6.86. The van der Waals surface area contributed by atoms with Crippen LogP contribution in [0.15, 0.2) is 24.3 Å². The van der Waals surface area contributed by atoms with Gasteiger partial charge in [0.15, 0.2) is 0 Å². The molecule has 0 bridgehead atoms. The quantitative estimate of drug-likeness (QED) is 0.590. The first-order valence-corrected chi connectivity index (χ1v) is 7.31. The Morgan fingerprint density at radius 3 is 1.75 bits per heavy atom. The summed E-state index contributed by atoms with van der Waals surface area (Å²) in [4.78, 5) is 36.0. The average molecular weight is 338 g/mol. The highest BCUT2D eigenvalue weighted by atomic mass is 16.6. The van der Waals surface area contributed by atoms with Crippen molar-refractivity contribution in [2.45, 2.75) is 52.7 Å². The normalized spacial score (nSPS) is 11.6. The van der Waals surface area contributed by atoms with Gasteiger partial charge in [-0.05, 0) is 47.6 Å². The number of hydrogen-bond donors (Lipinski definition) is 0. The third-order valence-corrected chi connectivity index (χ3v) is 2.47. The van der Waals surface area contributed by atoms with Crippen LogP contribution >= 0.6 is 0 Å². The Kier molecular flexibility index (Phi) is 5.54. The van der Waals surface area contributed by atoms with E-state index < -0.39 is 34.0 Å². The van der Waals surface area contributed by atoms with E-state index in [0.717, 1.165) is 0 Å². The van der Waals surface area contributed by atoms with Crippen molar-refractivity contribution < 1.29 is 24.0 Å². The molecule has 1 aromatic rings. The van der Waals surface area contributed by atoms with E-state index in [-0.39, 0.29) is 5.69 Å². The number of amides is 2. The van der Waals surface area contributed by atoms with Gasteiger partial charge in [-0.3, -0.25) is 10.1 Å². The molecule has 0 aromatic heterocycles. The molecule has 8 nitrogen and oxygen atoms in total. The monoisotopic (exact) mass is 338 g/mol. The molecule has 0 aliphatic carbocycles. The van der Waals surface area contributed by atoms with Crippen molar-refractivity contribution in [3.63, 3.8) is 0 Å². The molecule has 1 aromatic carbocycles. The number of rotatable bonds is 2. The maximum atomic E-state index is 12.4. The maximum Gasteiger partial charge on any atom is 0.424 e. The van der Waals surface area contributed by atoms with Crippen LogP contribution in [0, 0.1) is 10.1 Å². The molecule has 0 saturated carbocycles. The van der Waals surface area contributed by atoms with Gasteiger partial charge < -0.3 is 9.47 Å². The zero-order valence-electron chi connectivity index (χ0n) is 14.7. The van der Waals surface area contributed by atoms with E-state index in [2.05, 4.69) is 0 Å². The minimum atomic E-state index is -1.05. The van der Waals surface area contributed by atoms with E-state index >= 15 is 0 Å². The molecule has 0 spiro atoms. The number of anilines is 1. The minimum Gasteiger partial charge on any atom is -0.443 e. The lowest BCUT2D eigenvalue weighted by molar-refractivity contribution is -0.384. The summed E-state index contributed by atoms with van der Waals surface area (Å²) in [5, 5.41) is 11.2. The van der Waals surface area contributed by atoms with Crippen molar-refractivity contribution in [3.05, 3.63) is 34.4 Å². The minimum absolute atomic E-state index is 0.217. The van der Waals surface area contributed by atoms with Gasteiger partial charge in [-0.2, -0.15) is 4.90 Å². The first-order valence-electron chi connectivity index (χ1n) is 7.31. The summed E-state index contributed by atoms with van der Waals surface area (Å²) in [6.07, 6.45) is -2.10. The number of para-hydroxylation sites is 2. The average Bonchev–Trinajstić information content (AvgIpc) is 2.34. The highest BCUT2D eigenvalue weighted by Gasteiger charge is 2.36. The predicted octanol–water partition coefficient (Wildman–Crippen LogP) is 4.27. The van der Waals surface area contributed by atoms with Crippen molar-refractivity contribution >= 4 is 23.6 Å². The fourth-order valence-electron chi connectivity index (χ4n) is 1.69. The molecular weight excluding hydrogens is 316 g/mol. The summed E-state index contributed by atoms with van der Waals surface area (Å²) in [6.45, 7) is 9.74. The molecule has 0 radical (unpaired) electrons. The number of ether oxygens (including phenoxy) is 2. The van der Waals surface area contributed by atoms with Gasteiger partial charge in [0.25, 0.3) is 5.69 Å². The zero-order valence-corrected chi connectivity index (χ0v) is 14.7. The first kappa shape index (κ1) is 19.4. The van der Waals surface area contributed by atoms with E-state index in [1.54, 1.807) is 41.5 Å².